The van der Waals surface area contributed by atoms with Crippen LogP contribution in [0.4, 0.5) is 11.5 Å². The molecule has 0 atom stereocenters. The lowest BCUT2D eigenvalue weighted by Crippen LogP contribution is -2.36. The number of anilines is 2. The molecule has 4 heteroatoms. The predicted octanol–water partition coefficient (Wildman–Crippen LogP) is 2.69. The molecular weight excluding hydrogens is 200 g/mol. The molecule has 0 aromatic carbocycles. The lowest BCUT2D eigenvalue weighted by atomic mass is 9.82. The Labute approximate surface area is 97.7 Å². The van der Waals surface area contributed by atoms with E-state index in [1.165, 1.54) is 6.33 Å². The first kappa shape index (κ1) is 12.7. The molecule has 1 aromatic heterocycles. The summed E-state index contributed by atoms with van der Waals surface area (Å²) in [5.74, 6) is 0.712. The highest BCUT2D eigenvalue weighted by atomic mass is 15.1. The number of aromatic nitrogens is 2. The fourth-order valence-corrected chi connectivity index (χ4v) is 2.14. The van der Waals surface area contributed by atoms with E-state index in [-0.39, 0.29) is 11.0 Å². The monoisotopic (exact) mass is 222 g/mol. The molecule has 1 aromatic rings. The van der Waals surface area contributed by atoms with Gasteiger partial charge in [-0.2, -0.15) is 0 Å². The Morgan fingerprint density at radius 3 is 2.38 bits per heavy atom. The molecule has 90 valence electrons. The minimum absolute atomic E-state index is 0.0409. The molecular formula is C12H22N4. The highest BCUT2D eigenvalue weighted by molar-refractivity contribution is 5.60. The number of nitrogens with two attached hydrogens (primary N) is 1. The van der Waals surface area contributed by atoms with E-state index in [1.54, 1.807) is 6.20 Å². The van der Waals surface area contributed by atoms with Crippen LogP contribution in [0.5, 0.6) is 0 Å². The van der Waals surface area contributed by atoms with Gasteiger partial charge in [0.1, 0.15) is 6.33 Å². The molecule has 0 unspecified atom stereocenters. The largest absolute Gasteiger partial charge is 0.394 e. The van der Waals surface area contributed by atoms with E-state index >= 15 is 0 Å². The summed E-state index contributed by atoms with van der Waals surface area (Å²) in [7, 11) is 0. The first-order valence-corrected chi connectivity index (χ1v) is 5.53. The van der Waals surface area contributed by atoms with Gasteiger partial charge in [-0.3, -0.25) is 0 Å². The fraction of sp³-hybridized carbons (Fsp3) is 0.667. The van der Waals surface area contributed by atoms with Gasteiger partial charge in [-0.1, -0.05) is 20.8 Å². The van der Waals surface area contributed by atoms with Crippen molar-refractivity contribution in [2.24, 2.45) is 5.41 Å². The molecule has 0 aliphatic carbocycles. The van der Waals surface area contributed by atoms with Crippen molar-refractivity contribution >= 4 is 11.5 Å². The number of nitrogen functional groups attached to an aromatic ring is 1. The van der Waals surface area contributed by atoms with Crippen molar-refractivity contribution in [2.45, 2.75) is 46.6 Å². The summed E-state index contributed by atoms with van der Waals surface area (Å²) >= 11 is 0. The van der Waals surface area contributed by atoms with Crippen molar-refractivity contribution in [2.75, 3.05) is 11.1 Å². The molecule has 0 spiro atoms. The summed E-state index contributed by atoms with van der Waals surface area (Å²) in [5, 5.41) is 3.37. The van der Waals surface area contributed by atoms with Crippen molar-refractivity contribution < 1.29 is 0 Å². The van der Waals surface area contributed by atoms with Crippen LogP contribution >= 0.6 is 0 Å². The fourth-order valence-electron chi connectivity index (χ4n) is 2.14. The van der Waals surface area contributed by atoms with Gasteiger partial charge in [-0.25, -0.2) is 9.97 Å². The maximum atomic E-state index is 5.80. The maximum absolute atomic E-state index is 5.80. The highest BCUT2D eigenvalue weighted by Gasteiger charge is 2.26. The molecule has 0 aliphatic heterocycles. The molecule has 0 fully saturated rings. The molecule has 0 saturated heterocycles. The molecule has 4 nitrogen and oxygen atoms in total. The lowest BCUT2D eigenvalue weighted by molar-refractivity contribution is 0.302. The Balaban J connectivity index is 2.77. The predicted molar refractivity (Wildman–Crippen MR) is 68.2 cm³/mol. The smallest absolute Gasteiger partial charge is 0.153 e. The Morgan fingerprint density at radius 2 is 1.88 bits per heavy atom. The summed E-state index contributed by atoms with van der Waals surface area (Å²) in [6.07, 6.45) is 4.15. The minimum Gasteiger partial charge on any atom is -0.394 e. The van der Waals surface area contributed by atoms with Crippen LogP contribution in [-0.4, -0.2) is 15.5 Å². The van der Waals surface area contributed by atoms with Gasteiger partial charge in [0, 0.05) is 5.54 Å². The van der Waals surface area contributed by atoms with Gasteiger partial charge in [0.2, 0.25) is 0 Å². The van der Waals surface area contributed by atoms with E-state index in [9.17, 15) is 0 Å². The third-order valence-electron chi connectivity index (χ3n) is 2.17. The summed E-state index contributed by atoms with van der Waals surface area (Å²) < 4.78 is 0. The SMILES string of the molecule is CC(C)(C)CC(C)(C)Nc1ncncc1N. The second-order valence-corrected chi connectivity index (χ2v) is 6.07. The average Bonchev–Trinajstić information content (AvgIpc) is 2.04. The lowest BCUT2D eigenvalue weighted by Gasteiger charge is -2.34. The summed E-state index contributed by atoms with van der Waals surface area (Å²) in [6.45, 7) is 11.0. The quantitative estimate of drug-likeness (QED) is 0.825. The van der Waals surface area contributed by atoms with E-state index in [1.807, 2.05) is 0 Å². The molecule has 0 bridgehead atoms. The zero-order chi connectivity index (χ0) is 12.4. The van der Waals surface area contributed by atoms with Crippen LogP contribution in [0.2, 0.25) is 0 Å². The van der Waals surface area contributed by atoms with Crippen molar-refractivity contribution in [3.63, 3.8) is 0 Å². The zero-order valence-corrected chi connectivity index (χ0v) is 10.8. The van der Waals surface area contributed by atoms with Gasteiger partial charge in [-0.15, -0.1) is 0 Å². The first-order valence-electron chi connectivity index (χ1n) is 5.53. The third kappa shape index (κ3) is 4.04. The van der Waals surface area contributed by atoms with Crippen LogP contribution in [0.15, 0.2) is 12.5 Å². The Kier molecular flexibility index (Phi) is 3.41. The van der Waals surface area contributed by atoms with Crippen LogP contribution in [0.25, 0.3) is 0 Å². The molecule has 3 N–H and O–H groups in total. The zero-order valence-electron chi connectivity index (χ0n) is 10.8. The molecule has 0 aliphatic rings. The van der Waals surface area contributed by atoms with Gasteiger partial charge < -0.3 is 11.1 Å². The number of hydrogen-bond donors (Lipinski definition) is 2. The Hall–Kier alpha value is -1.32. The summed E-state index contributed by atoms with van der Waals surface area (Å²) in [6, 6.07) is 0. The van der Waals surface area contributed by atoms with E-state index < -0.39 is 0 Å². The van der Waals surface area contributed by atoms with Crippen LogP contribution in [0, 0.1) is 5.41 Å². The topological polar surface area (TPSA) is 63.8 Å². The average molecular weight is 222 g/mol. The van der Waals surface area contributed by atoms with Gasteiger partial charge in [0.05, 0.1) is 11.9 Å². The van der Waals surface area contributed by atoms with Crippen molar-refractivity contribution in [3.05, 3.63) is 12.5 Å². The van der Waals surface area contributed by atoms with Crippen molar-refractivity contribution in [1.29, 1.82) is 0 Å². The van der Waals surface area contributed by atoms with Gasteiger partial charge in [-0.05, 0) is 25.7 Å². The molecule has 0 radical (unpaired) electrons. The van der Waals surface area contributed by atoms with E-state index in [2.05, 4.69) is 49.9 Å². The van der Waals surface area contributed by atoms with Gasteiger partial charge in [0.15, 0.2) is 5.82 Å². The van der Waals surface area contributed by atoms with E-state index in [0.29, 0.717) is 11.5 Å². The Bertz CT molecular complexity index is 352. The molecule has 1 heterocycles. The van der Waals surface area contributed by atoms with Crippen LogP contribution in [0.3, 0.4) is 0 Å². The third-order valence-corrected chi connectivity index (χ3v) is 2.17. The number of hydrogen-bond acceptors (Lipinski definition) is 4. The maximum Gasteiger partial charge on any atom is 0.153 e. The molecule has 0 amide bonds. The summed E-state index contributed by atoms with van der Waals surface area (Å²) in [4.78, 5) is 8.02. The van der Waals surface area contributed by atoms with Crippen LogP contribution < -0.4 is 11.1 Å². The molecule has 0 saturated carbocycles. The van der Waals surface area contributed by atoms with Crippen molar-refractivity contribution in [3.8, 4) is 0 Å². The van der Waals surface area contributed by atoms with E-state index in [0.717, 1.165) is 6.42 Å². The normalized spacial score (nSPS) is 12.6. The second-order valence-electron chi connectivity index (χ2n) is 6.07. The van der Waals surface area contributed by atoms with Gasteiger partial charge in [0.25, 0.3) is 0 Å². The number of rotatable bonds is 3. The molecule has 16 heavy (non-hydrogen) atoms. The van der Waals surface area contributed by atoms with Crippen molar-refractivity contribution in [1.82, 2.24) is 9.97 Å². The molecule has 1 rings (SSSR count). The van der Waals surface area contributed by atoms with Crippen LogP contribution in [-0.2, 0) is 0 Å². The number of nitrogens with one attached hydrogen (secondary N) is 1. The van der Waals surface area contributed by atoms with Gasteiger partial charge >= 0.3 is 0 Å². The van der Waals surface area contributed by atoms with Crippen LogP contribution in [0.1, 0.15) is 41.0 Å². The Morgan fingerprint density at radius 1 is 1.25 bits per heavy atom. The second kappa shape index (κ2) is 4.28. The minimum atomic E-state index is -0.0409. The first-order chi connectivity index (χ1) is 7.20. The summed E-state index contributed by atoms with van der Waals surface area (Å²) in [5.41, 5.74) is 6.61. The number of nitrogens with zero attached hydrogens (tertiary/aromatic N) is 2. The standard InChI is InChI=1S/C12H22N4/c1-11(2,3)7-12(4,5)16-10-9(13)6-14-8-15-10/h6,8H,7,13H2,1-5H3,(H,14,15,16). The highest BCUT2D eigenvalue weighted by Crippen LogP contribution is 2.30. The van der Waals surface area contributed by atoms with E-state index in [4.69, 9.17) is 5.73 Å².